The van der Waals surface area contributed by atoms with Crippen LogP contribution in [0, 0.1) is 4.77 Å². The van der Waals surface area contributed by atoms with Gasteiger partial charge in [0.25, 0.3) is 0 Å². The van der Waals surface area contributed by atoms with E-state index in [-0.39, 0.29) is 12.3 Å². The van der Waals surface area contributed by atoms with Crippen LogP contribution in [0.25, 0.3) is 22.4 Å². The standard InChI is InChI=1S/C25H30N6O3S/c1-3-33-17-7-15-30-21-9-6-5-8-20(21)26-24(30)27-22(32)14-16-31-23(28-29-25(31)35)18-10-12-19(13-11-18)34-4-2/h5-6,8-13H,3-4,7,14-17H2,1-2H3,(H,29,35)(H,26,27,32). The number of hydrogen-bond donors (Lipinski definition) is 2. The van der Waals surface area contributed by atoms with Gasteiger partial charge in [0.15, 0.2) is 10.6 Å². The van der Waals surface area contributed by atoms with Crippen molar-refractivity contribution in [3.05, 3.63) is 53.3 Å². The summed E-state index contributed by atoms with van der Waals surface area (Å²) in [7, 11) is 0. The van der Waals surface area contributed by atoms with Crippen LogP contribution in [0.5, 0.6) is 5.75 Å². The molecule has 1 amide bonds. The van der Waals surface area contributed by atoms with Crippen LogP contribution in [0.1, 0.15) is 26.7 Å². The van der Waals surface area contributed by atoms with Gasteiger partial charge >= 0.3 is 0 Å². The monoisotopic (exact) mass is 494 g/mol. The van der Waals surface area contributed by atoms with Crippen LogP contribution in [0.15, 0.2) is 48.5 Å². The third-order valence-electron chi connectivity index (χ3n) is 5.52. The van der Waals surface area contributed by atoms with Crippen LogP contribution in [0.3, 0.4) is 0 Å². The predicted octanol–water partition coefficient (Wildman–Crippen LogP) is 4.81. The number of amides is 1. The normalized spacial score (nSPS) is 11.1. The number of benzene rings is 2. The molecule has 2 aromatic heterocycles. The first kappa shape index (κ1) is 24.6. The van der Waals surface area contributed by atoms with Crippen molar-refractivity contribution in [2.24, 2.45) is 0 Å². The third-order valence-corrected chi connectivity index (χ3v) is 5.84. The molecule has 2 N–H and O–H groups in total. The van der Waals surface area contributed by atoms with Gasteiger partial charge in [-0.2, -0.15) is 5.10 Å². The van der Waals surface area contributed by atoms with Gasteiger partial charge in [-0.15, -0.1) is 0 Å². The van der Waals surface area contributed by atoms with E-state index >= 15 is 0 Å². The Bertz CT molecular complexity index is 1330. The first-order valence-electron chi connectivity index (χ1n) is 11.8. The van der Waals surface area contributed by atoms with E-state index < -0.39 is 0 Å². The molecule has 0 saturated heterocycles. The van der Waals surface area contributed by atoms with Crippen molar-refractivity contribution in [2.75, 3.05) is 25.1 Å². The molecule has 0 bridgehead atoms. The minimum absolute atomic E-state index is 0.146. The lowest BCUT2D eigenvalue weighted by atomic mass is 10.2. The highest BCUT2D eigenvalue weighted by Gasteiger charge is 2.15. The summed E-state index contributed by atoms with van der Waals surface area (Å²) in [6.07, 6.45) is 1.05. The van der Waals surface area contributed by atoms with E-state index in [1.807, 2.05) is 71.5 Å². The second-order valence-electron chi connectivity index (χ2n) is 7.89. The number of aromatic amines is 1. The SMILES string of the molecule is CCOCCCn1c(NC(=O)CCn2c(-c3ccc(OCC)cc3)n[nH]c2=S)nc2ccccc21. The summed E-state index contributed by atoms with van der Waals surface area (Å²) in [4.78, 5) is 17.5. The Balaban J connectivity index is 1.46. The lowest BCUT2D eigenvalue weighted by Gasteiger charge is -2.11. The van der Waals surface area contributed by atoms with E-state index in [1.54, 1.807) is 0 Å². The van der Waals surface area contributed by atoms with Crippen LogP contribution in [0.2, 0.25) is 0 Å². The highest BCUT2D eigenvalue weighted by Crippen LogP contribution is 2.22. The summed E-state index contributed by atoms with van der Waals surface area (Å²) < 4.78 is 15.3. The molecular formula is C25H30N6O3S. The van der Waals surface area contributed by atoms with Gasteiger partial charge in [-0.3, -0.25) is 19.8 Å². The number of imidazole rings is 1. The molecule has 0 unspecified atom stereocenters. The molecule has 4 aromatic rings. The number of nitrogens with zero attached hydrogens (tertiary/aromatic N) is 4. The van der Waals surface area contributed by atoms with Crippen molar-refractivity contribution in [3.63, 3.8) is 0 Å². The summed E-state index contributed by atoms with van der Waals surface area (Å²) in [5.74, 6) is 1.86. The van der Waals surface area contributed by atoms with Crippen molar-refractivity contribution in [2.45, 2.75) is 39.8 Å². The van der Waals surface area contributed by atoms with Gasteiger partial charge in [0.05, 0.1) is 17.6 Å². The van der Waals surface area contributed by atoms with E-state index in [4.69, 9.17) is 21.7 Å². The average Bonchev–Trinajstić information content (AvgIpc) is 3.41. The molecule has 0 aliphatic heterocycles. The number of rotatable bonds is 12. The zero-order valence-corrected chi connectivity index (χ0v) is 20.8. The van der Waals surface area contributed by atoms with Gasteiger partial charge < -0.3 is 14.0 Å². The second kappa shape index (κ2) is 11.8. The number of carbonyl (C=O) groups excluding carboxylic acids is 1. The van der Waals surface area contributed by atoms with Crippen molar-refractivity contribution in [1.29, 1.82) is 0 Å². The van der Waals surface area contributed by atoms with Crippen molar-refractivity contribution < 1.29 is 14.3 Å². The maximum absolute atomic E-state index is 12.9. The van der Waals surface area contributed by atoms with Crippen molar-refractivity contribution in [1.82, 2.24) is 24.3 Å². The summed E-state index contributed by atoms with van der Waals surface area (Å²) >= 11 is 5.42. The highest BCUT2D eigenvalue weighted by molar-refractivity contribution is 7.71. The molecule has 0 aliphatic rings. The van der Waals surface area contributed by atoms with Gasteiger partial charge in [0, 0.05) is 38.3 Å². The Labute approximate surface area is 209 Å². The fourth-order valence-electron chi connectivity index (χ4n) is 3.88. The smallest absolute Gasteiger partial charge is 0.228 e. The second-order valence-corrected chi connectivity index (χ2v) is 8.27. The number of anilines is 1. The maximum atomic E-state index is 12.9. The van der Waals surface area contributed by atoms with Crippen molar-refractivity contribution >= 4 is 35.1 Å². The highest BCUT2D eigenvalue weighted by atomic mass is 32.1. The van der Waals surface area contributed by atoms with E-state index in [0.717, 1.165) is 28.8 Å². The fourth-order valence-corrected chi connectivity index (χ4v) is 4.10. The summed E-state index contributed by atoms with van der Waals surface area (Å²) in [6, 6.07) is 15.5. The van der Waals surface area contributed by atoms with E-state index in [2.05, 4.69) is 20.5 Å². The minimum Gasteiger partial charge on any atom is -0.494 e. The molecule has 2 aromatic carbocycles. The average molecular weight is 495 g/mol. The largest absolute Gasteiger partial charge is 0.494 e. The molecule has 9 nitrogen and oxygen atoms in total. The van der Waals surface area contributed by atoms with Crippen LogP contribution >= 0.6 is 12.2 Å². The van der Waals surface area contributed by atoms with Gasteiger partial charge in [-0.1, -0.05) is 12.1 Å². The zero-order valence-electron chi connectivity index (χ0n) is 20.0. The molecule has 0 atom stereocenters. The molecule has 0 aliphatic carbocycles. The van der Waals surface area contributed by atoms with Crippen LogP contribution < -0.4 is 10.1 Å². The van der Waals surface area contributed by atoms with E-state index in [0.29, 0.717) is 49.5 Å². The Morgan fingerprint density at radius 2 is 1.86 bits per heavy atom. The number of fused-ring (bicyclic) bond motifs is 1. The van der Waals surface area contributed by atoms with Gasteiger partial charge in [-0.05, 0) is 68.9 Å². The Kier molecular flexibility index (Phi) is 8.27. The van der Waals surface area contributed by atoms with Gasteiger partial charge in [0.2, 0.25) is 11.9 Å². The molecule has 35 heavy (non-hydrogen) atoms. The fraction of sp³-hybridized carbons (Fsp3) is 0.360. The molecule has 0 saturated carbocycles. The zero-order chi connectivity index (χ0) is 24.6. The van der Waals surface area contributed by atoms with Crippen molar-refractivity contribution in [3.8, 4) is 17.1 Å². The molecule has 0 fully saturated rings. The van der Waals surface area contributed by atoms with Crippen LogP contribution in [0.4, 0.5) is 5.95 Å². The number of para-hydroxylation sites is 2. The number of ether oxygens (including phenoxy) is 2. The lowest BCUT2D eigenvalue weighted by molar-refractivity contribution is -0.116. The number of aromatic nitrogens is 5. The van der Waals surface area contributed by atoms with Gasteiger partial charge in [-0.25, -0.2) is 4.98 Å². The van der Waals surface area contributed by atoms with Crippen LogP contribution in [-0.4, -0.2) is 50.0 Å². The molecule has 10 heteroatoms. The molecule has 184 valence electrons. The van der Waals surface area contributed by atoms with Gasteiger partial charge in [0.1, 0.15) is 5.75 Å². The topological polar surface area (TPSA) is 99.0 Å². The maximum Gasteiger partial charge on any atom is 0.228 e. The molecule has 2 heterocycles. The summed E-state index contributed by atoms with van der Waals surface area (Å²) in [5, 5.41) is 10.2. The Hall–Kier alpha value is -3.50. The number of H-pyrrole nitrogens is 1. The first-order valence-corrected chi connectivity index (χ1v) is 12.2. The molecule has 4 rings (SSSR count). The minimum atomic E-state index is -0.146. The number of hydrogen-bond acceptors (Lipinski definition) is 6. The number of aryl methyl sites for hydroxylation is 1. The Morgan fingerprint density at radius 1 is 1.06 bits per heavy atom. The van der Waals surface area contributed by atoms with Crippen LogP contribution in [-0.2, 0) is 22.6 Å². The number of nitrogens with one attached hydrogen (secondary N) is 2. The number of carbonyl (C=O) groups is 1. The Morgan fingerprint density at radius 3 is 2.63 bits per heavy atom. The van der Waals surface area contributed by atoms with E-state index in [1.165, 1.54) is 0 Å². The lowest BCUT2D eigenvalue weighted by Crippen LogP contribution is -2.18. The molecule has 0 spiro atoms. The summed E-state index contributed by atoms with van der Waals surface area (Å²) in [5.41, 5.74) is 2.71. The predicted molar refractivity (Wildman–Crippen MR) is 138 cm³/mol. The summed E-state index contributed by atoms with van der Waals surface area (Å²) in [6.45, 7) is 6.95. The third kappa shape index (κ3) is 5.95. The molecule has 0 radical (unpaired) electrons. The molecular weight excluding hydrogens is 464 g/mol. The quantitative estimate of drug-likeness (QED) is 0.217. The van der Waals surface area contributed by atoms with E-state index in [9.17, 15) is 4.79 Å². The first-order chi connectivity index (χ1) is 17.1.